The molecular formula is C16H16ClN3O2S2. The van der Waals surface area contributed by atoms with Gasteiger partial charge in [-0.1, -0.05) is 17.7 Å². The molecule has 0 saturated carbocycles. The molecule has 0 unspecified atom stereocenters. The highest BCUT2D eigenvalue weighted by Gasteiger charge is 2.40. The highest BCUT2D eigenvalue weighted by atomic mass is 35.5. The summed E-state index contributed by atoms with van der Waals surface area (Å²) in [5, 5.41) is 3.93. The molecule has 1 saturated heterocycles. The maximum absolute atomic E-state index is 11.5. The number of halogens is 1. The molecule has 2 aromatic heterocycles. The van der Waals surface area contributed by atoms with Crippen molar-refractivity contribution in [1.82, 2.24) is 15.2 Å². The van der Waals surface area contributed by atoms with Crippen LogP contribution in [0.2, 0.25) is 4.34 Å². The number of esters is 1. The molecule has 1 aliphatic rings. The van der Waals surface area contributed by atoms with Crippen LogP contribution >= 0.6 is 35.2 Å². The minimum Gasteiger partial charge on any atom is -0.469 e. The van der Waals surface area contributed by atoms with E-state index in [1.807, 2.05) is 35.2 Å². The topological polar surface area (TPSA) is 54.5 Å². The molecule has 0 radical (unpaired) electrons. The van der Waals surface area contributed by atoms with E-state index < -0.39 is 0 Å². The van der Waals surface area contributed by atoms with Gasteiger partial charge in [-0.2, -0.15) is 0 Å². The van der Waals surface area contributed by atoms with E-state index >= 15 is 0 Å². The van der Waals surface area contributed by atoms with Gasteiger partial charge in [0.2, 0.25) is 0 Å². The van der Waals surface area contributed by atoms with E-state index in [1.54, 1.807) is 6.20 Å². The molecule has 0 spiro atoms. The average Bonchev–Trinajstić information content (AvgIpc) is 3.16. The van der Waals surface area contributed by atoms with Crippen LogP contribution in [0.25, 0.3) is 0 Å². The van der Waals surface area contributed by atoms with E-state index in [1.165, 1.54) is 18.4 Å². The van der Waals surface area contributed by atoms with Crippen molar-refractivity contribution in [3.05, 3.63) is 51.4 Å². The van der Waals surface area contributed by atoms with Crippen LogP contribution in [0.4, 0.5) is 0 Å². The fraction of sp³-hybridized carbons (Fsp3) is 0.312. The summed E-state index contributed by atoms with van der Waals surface area (Å²) < 4.78 is 5.46. The van der Waals surface area contributed by atoms with E-state index in [0.717, 1.165) is 14.9 Å². The lowest BCUT2D eigenvalue weighted by Gasteiger charge is -2.26. The van der Waals surface area contributed by atoms with Crippen molar-refractivity contribution < 1.29 is 9.53 Å². The number of hydrogen-bond donors (Lipinski definition) is 1. The van der Waals surface area contributed by atoms with Crippen LogP contribution in [-0.2, 0) is 9.53 Å². The summed E-state index contributed by atoms with van der Waals surface area (Å²) in [6, 6.07) is 9.50. The molecule has 0 bridgehead atoms. The van der Waals surface area contributed by atoms with Crippen molar-refractivity contribution in [3.63, 3.8) is 0 Å². The number of pyridine rings is 1. The van der Waals surface area contributed by atoms with Gasteiger partial charge in [-0.3, -0.25) is 9.78 Å². The molecule has 0 aliphatic carbocycles. The van der Waals surface area contributed by atoms with Gasteiger partial charge in [0.1, 0.15) is 0 Å². The number of rotatable bonds is 5. The zero-order valence-electron chi connectivity index (χ0n) is 12.9. The predicted molar refractivity (Wildman–Crippen MR) is 98.1 cm³/mol. The zero-order chi connectivity index (χ0) is 17.1. The van der Waals surface area contributed by atoms with Crippen molar-refractivity contribution in [2.45, 2.75) is 18.5 Å². The first-order valence-corrected chi connectivity index (χ1v) is 9.00. The van der Waals surface area contributed by atoms with Crippen molar-refractivity contribution in [3.8, 4) is 0 Å². The van der Waals surface area contributed by atoms with Gasteiger partial charge in [0, 0.05) is 17.6 Å². The normalized spacial score (nSPS) is 20.1. The fourth-order valence-electron chi connectivity index (χ4n) is 2.76. The molecule has 2 atom stereocenters. The lowest BCUT2D eigenvalue weighted by Crippen LogP contribution is -2.31. The summed E-state index contributed by atoms with van der Waals surface area (Å²) >= 11 is 13.1. The van der Waals surface area contributed by atoms with Crippen molar-refractivity contribution >= 4 is 46.2 Å². The Morgan fingerprint density at radius 1 is 1.46 bits per heavy atom. The van der Waals surface area contributed by atoms with Gasteiger partial charge in [0.05, 0.1) is 35.6 Å². The first-order valence-electron chi connectivity index (χ1n) is 7.40. The number of nitrogens with zero attached hydrogens (tertiary/aromatic N) is 2. The number of carbonyl (C=O) groups is 1. The van der Waals surface area contributed by atoms with E-state index in [4.69, 9.17) is 28.6 Å². The van der Waals surface area contributed by atoms with Gasteiger partial charge in [0.15, 0.2) is 5.11 Å². The van der Waals surface area contributed by atoms with E-state index in [0.29, 0.717) is 11.7 Å². The van der Waals surface area contributed by atoms with Crippen LogP contribution in [0.1, 0.15) is 29.1 Å². The number of carbonyl (C=O) groups excluding carboxylic acids is 1. The van der Waals surface area contributed by atoms with Crippen LogP contribution in [0.3, 0.4) is 0 Å². The largest absolute Gasteiger partial charge is 0.469 e. The van der Waals surface area contributed by atoms with Crippen LogP contribution in [-0.4, -0.2) is 34.6 Å². The molecule has 5 nitrogen and oxygen atoms in total. The van der Waals surface area contributed by atoms with Crippen LogP contribution in [0.5, 0.6) is 0 Å². The second kappa shape index (κ2) is 7.46. The maximum atomic E-state index is 11.5. The standard InChI is InChI=1S/C16H16ClN3O2S2/c1-22-13(21)7-9-20-15(11-5-6-12(17)24-11)14(19-16(20)23)10-4-2-3-8-18-10/h2-6,8,14-15H,7,9H2,1H3,(H,19,23)/t14-,15+/m0/s1. The minimum absolute atomic E-state index is 0.0606. The SMILES string of the molecule is COC(=O)CCN1C(=S)N[C@@H](c2ccccn2)[C@H]1c1ccc(Cl)s1. The number of ether oxygens (including phenoxy) is 1. The first kappa shape index (κ1) is 17.1. The number of nitrogens with one attached hydrogen (secondary N) is 1. The monoisotopic (exact) mass is 381 g/mol. The second-order valence-corrected chi connectivity index (χ2v) is 7.42. The Labute approximate surface area is 154 Å². The Balaban J connectivity index is 1.92. The number of methoxy groups -OCH3 is 1. The molecule has 126 valence electrons. The zero-order valence-corrected chi connectivity index (χ0v) is 15.3. The molecule has 0 aromatic carbocycles. The summed E-state index contributed by atoms with van der Waals surface area (Å²) in [6.07, 6.45) is 2.03. The Morgan fingerprint density at radius 3 is 2.92 bits per heavy atom. The average molecular weight is 382 g/mol. The fourth-order valence-corrected chi connectivity index (χ4v) is 4.30. The summed E-state index contributed by atoms with van der Waals surface area (Å²) in [7, 11) is 1.39. The quantitative estimate of drug-likeness (QED) is 0.633. The minimum atomic E-state index is -0.262. The maximum Gasteiger partial charge on any atom is 0.307 e. The number of thiophene rings is 1. The molecule has 1 aliphatic heterocycles. The molecular weight excluding hydrogens is 366 g/mol. The Hall–Kier alpha value is -1.70. The Bertz CT molecular complexity index is 738. The van der Waals surface area contributed by atoms with Crippen LogP contribution in [0, 0.1) is 0 Å². The Morgan fingerprint density at radius 2 is 2.29 bits per heavy atom. The summed E-state index contributed by atoms with van der Waals surface area (Å²) in [4.78, 5) is 19.1. The number of aromatic nitrogens is 1. The third-order valence-corrected chi connectivity index (χ3v) is 5.52. The lowest BCUT2D eigenvalue weighted by molar-refractivity contribution is -0.140. The van der Waals surface area contributed by atoms with Crippen molar-refractivity contribution in [2.75, 3.05) is 13.7 Å². The molecule has 24 heavy (non-hydrogen) atoms. The highest BCUT2D eigenvalue weighted by molar-refractivity contribution is 7.80. The van der Waals surface area contributed by atoms with E-state index in [-0.39, 0.29) is 24.5 Å². The van der Waals surface area contributed by atoms with Gasteiger partial charge in [0.25, 0.3) is 0 Å². The molecule has 3 heterocycles. The van der Waals surface area contributed by atoms with Crippen LogP contribution in [0.15, 0.2) is 36.5 Å². The molecule has 2 aromatic rings. The third-order valence-electron chi connectivity index (χ3n) is 3.87. The highest BCUT2D eigenvalue weighted by Crippen LogP contribution is 2.42. The van der Waals surface area contributed by atoms with Crippen molar-refractivity contribution in [1.29, 1.82) is 0 Å². The third kappa shape index (κ3) is 3.53. The summed E-state index contributed by atoms with van der Waals surface area (Å²) in [6.45, 7) is 0.474. The number of hydrogen-bond acceptors (Lipinski definition) is 5. The van der Waals surface area contributed by atoms with E-state index in [9.17, 15) is 4.79 Å². The molecule has 3 rings (SSSR count). The smallest absolute Gasteiger partial charge is 0.307 e. The van der Waals surface area contributed by atoms with Gasteiger partial charge < -0.3 is 15.0 Å². The lowest BCUT2D eigenvalue weighted by atomic mass is 10.0. The Kier molecular flexibility index (Phi) is 5.33. The van der Waals surface area contributed by atoms with Crippen molar-refractivity contribution in [2.24, 2.45) is 0 Å². The predicted octanol–water partition coefficient (Wildman–Crippen LogP) is 3.33. The van der Waals surface area contributed by atoms with Gasteiger partial charge in [-0.25, -0.2) is 0 Å². The molecule has 1 fully saturated rings. The van der Waals surface area contributed by atoms with Gasteiger partial charge >= 0.3 is 5.97 Å². The van der Waals surface area contributed by atoms with Gasteiger partial charge in [-0.05, 0) is 36.5 Å². The number of thiocarbonyl (C=S) groups is 1. The van der Waals surface area contributed by atoms with E-state index in [2.05, 4.69) is 10.3 Å². The summed E-state index contributed by atoms with van der Waals surface area (Å²) in [5.41, 5.74) is 0.898. The second-order valence-electron chi connectivity index (χ2n) is 5.29. The molecule has 0 amide bonds. The summed E-state index contributed by atoms with van der Waals surface area (Å²) in [5.74, 6) is -0.262. The first-order chi connectivity index (χ1) is 11.6. The van der Waals surface area contributed by atoms with Crippen LogP contribution < -0.4 is 5.32 Å². The molecule has 8 heteroatoms. The van der Waals surface area contributed by atoms with Gasteiger partial charge in [-0.15, -0.1) is 11.3 Å². The molecule has 1 N–H and O–H groups in total.